The van der Waals surface area contributed by atoms with Crippen molar-refractivity contribution in [1.82, 2.24) is 10.2 Å². The summed E-state index contributed by atoms with van der Waals surface area (Å²) >= 11 is 0. The van der Waals surface area contributed by atoms with E-state index in [2.05, 4.69) is 10.2 Å². The first-order chi connectivity index (χ1) is 8.42. The molecular weight excluding hydrogens is 212 g/mol. The summed E-state index contributed by atoms with van der Waals surface area (Å²) in [6.07, 6.45) is 8.43. The molecule has 0 aromatic carbocycles. The molecule has 98 valence electrons. The summed E-state index contributed by atoms with van der Waals surface area (Å²) in [6.45, 7) is 5.50. The van der Waals surface area contributed by atoms with E-state index in [1.165, 1.54) is 51.6 Å². The van der Waals surface area contributed by atoms with E-state index in [9.17, 15) is 0 Å². The lowest BCUT2D eigenvalue weighted by Crippen LogP contribution is -2.41. The van der Waals surface area contributed by atoms with Crippen LogP contribution in [0.4, 0.5) is 0 Å². The van der Waals surface area contributed by atoms with Crippen LogP contribution >= 0.6 is 0 Å². The van der Waals surface area contributed by atoms with Gasteiger partial charge in [0, 0.05) is 38.3 Å². The zero-order chi connectivity index (χ0) is 11.5. The number of nitrogens with zero attached hydrogens (tertiary/aromatic N) is 1. The summed E-state index contributed by atoms with van der Waals surface area (Å²) in [6, 6.07) is 1.60. The molecule has 2 heterocycles. The lowest BCUT2D eigenvalue weighted by molar-refractivity contribution is 0.140. The van der Waals surface area contributed by atoms with Crippen LogP contribution in [0.3, 0.4) is 0 Å². The minimum absolute atomic E-state index is 0.751. The molecule has 0 aromatic rings. The molecule has 3 atom stereocenters. The maximum absolute atomic E-state index is 5.52. The molecule has 1 aliphatic carbocycles. The van der Waals surface area contributed by atoms with Gasteiger partial charge in [0.1, 0.15) is 0 Å². The zero-order valence-corrected chi connectivity index (χ0v) is 10.9. The van der Waals surface area contributed by atoms with E-state index < -0.39 is 0 Å². The SMILES string of the molecule is C1CCC2NC(CN3CCCOCC3)CC2C1. The third-order valence-corrected chi connectivity index (χ3v) is 4.74. The summed E-state index contributed by atoms with van der Waals surface area (Å²) in [4.78, 5) is 2.60. The maximum Gasteiger partial charge on any atom is 0.0593 e. The highest BCUT2D eigenvalue weighted by Crippen LogP contribution is 2.33. The Morgan fingerprint density at radius 1 is 1.06 bits per heavy atom. The molecule has 0 spiro atoms. The molecule has 0 bridgehead atoms. The molecule has 3 heteroatoms. The molecule has 3 rings (SSSR count). The van der Waals surface area contributed by atoms with Crippen molar-refractivity contribution < 1.29 is 4.74 Å². The van der Waals surface area contributed by atoms with Gasteiger partial charge in [-0.3, -0.25) is 4.90 Å². The van der Waals surface area contributed by atoms with Gasteiger partial charge in [0.15, 0.2) is 0 Å². The highest BCUT2D eigenvalue weighted by atomic mass is 16.5. The number of ether oxygens (including phenoxy) is 1. The third kappa shape index (κ3) is 3.01. The van der Waals surface area contributed by atoms with Crippen LogP contribution in [0.25, 0.3) is 0 Å². The summed E-state index contributed by atoms with van der Waals surface area (Å²) in [5.74, 6) is 0.983. The van der Waals surface area contributed by atoms with Gasteiger partial charge in [-0.15, -0.1) is 0 Å². The van der Waals surface area contributed by atoms with E-state index in [0.717, 1.165) is 37.8 Å². The smallest absolute Gasteiger partial charge is 0.0593 e. The molecule has 3 nitrogen and oxygen atoms in total. The van der Waals surface area contributed by atoms with Crippen LogP contribution in [-0.4, -0.2) is 49.8 Å². The minimum Gasteiger partial charge on any atom is -0.380 e. The minimum atomic E-state index is 0.751. The Bertz CT molecular complexity index is 224. The second-order valence-corrected chi connectivity index (χ2v) is 6.02. The summed E-state index contributed by atoms with van der Waals surface area (Å²) in [7, 11) is 0. The molecule has 1 N–H and O–H groups in total. The fraction of sp³-hybridized carbons (Fsp3) is 1.00. The molecule has 2 saturated heterocycles. The van der Waals surface area contributed by atoms with Crippen LogP contribution in [0.15, 0.2) is 0 Å². The lowest BCUT2D eigenvalue weighted by atomic mass is 9.85. The first kappa shape index (κ1) is 11.9. The monoisotopic (exact) mass is 238 g/mol. The van der Waals surface area contributed by atoms with Crippen LogP contribution in [-0.2, 0) is 4.74 Å². The van der Waals surface area contributed by atoms with Gasteiger partial charge in [0.05, 0.1) is 6.61 Å². The molecule has 3 unspecified atom stereocenters. The Kier molecular flexibility index (Phi) is 3.99. The average Bonchev–Trinajstić information content (AvgIpc) is 2.57. The number of hydrogen-bond acceptors (Lipinski definition) is 3. The molecular formula is C14H26N2O. The van der Waals surface area contributed by atoms with Crippen LogP contribution in [0.2, 0.25) is 0 Å². The van der Waals surface area contributed by atoms with Gasteiger partial charge in [-0.05, 0) is 31.6 Å². The van der Waals surface area contributed by atoms with E-state index in [4.69, 9.17) is 4.74 Å². The molecule has 0 amide bonds. The quantitative estimate of drug-likeness (QED) is 0.791. The van der Waals surface area contributed by atoms with Gasteiger partial charge in [0.25, 0.3) is 0 Å². The summed E-state index contributed by atoms with van der Waals surface area (Å²) in [5, 5.41) is 3.88. The second kappa shape index (κ2) is 5.68. The zero-order valence-electron chi connectivity index (χ0n) is 10.9. The number of hydrogen-bond donors (Lipinski definition) is 1. The highest BCUT2D eigenvalue weighted by Gasteiger charge is 2.35. The predicted molar refractivity (Wildman–Crippen MR) is 69.2 cm³/mol. The molecule has 3 fully saturated rings. The van der Waals surface area contributed by atoms with Crippen molar-refractivity contribution in [1.29, 1.82) is 0 Å². The van der Waals surface area contributed by atoms with Crippen molar-refractivity contribution in [2.45, 2.75) is 50.6 Å². The largest absolute Gasteiger partial charge is 0.380 e. The van der Waals surface area contributed by atoms with Gasteiger partial charge >= 0.3 is 0 Å². The van der Waals surface area contributed by atoms with Crippen molar-refractivity contribution in [3.63, 3.8) is 0 Å². The predicted octanol–water partition coefficient (Wildman–Crippen LogP) is 1.63. The standard InChI is InChI=1S/C14H26N2O/c1-2-5-14-12(4-1)10-13(15-14)11-16-6-3-8-17-9-7-16/h12-15H,1-11H2. The van der Waals surface area contributed by atoms with Gasteiger partial charge in [0.2, 0.25) is 0 Å². The van der Waals surface area contributed by atoms with E-state index in [0.29, 0.717) is 0 Å². The van der Waals surface area contributed by atoms with Crippen molar-refractivity contribution in [2.24, 2.45) is 5.92 Å². The fourth-order valence-corrected chi connectivity index (χ4v) is 3.86. The first-order valence-electron chi connectivity index (χ1n) is 7.48. The van der Waals surface area contributed by atoms with Crippen molar-refractivity contribution in [3.05, 3.63) is 0 Å². The number of rotatable bonds is 2. The Morgan fingerprint density at radius 3 is 2.94 bits per heavy atom. The lowest BCUT2D eigenvalue weighted by Gasteiger charge is -2.25. The molecule has 0 radical (unpaired) electrons. The van der Waals surface area contributed by atoms with Gasteiger partial charge < -0.3 is 10.1 Å². The van der Waals surface area contributed by atoms with Crippen LogP contribution in [0, 0.1) is 5.92 Å². The molecule has 17 heavy (non-hydrogen) atoms. The van der Waals surface area contributed by atoms with E-state index >= 15 is 0 Å². The summed E-state index contributed by atoms with van der Waals surface area (Å²) < 4.78 is 5.52. The van der Waals surface area contributed by atoms with Crippen LogP contribution in [0.5, 0.6) is 0 Å². The Labute approximate surface area is 105 Å². The molecule has 1 saturated carbocycles. The number of nitrogens with one attached hydrogen (secondary N) is 1. The van der Waals surface area contributed by atoms with Crippen molar-refractivity contribution in [2.75, 3.05) is 32.8 Å². The van der Waals surface area contributed by atoms with Crippen LogP contribution < -0.4 is 5.32 Å². The number of fused-ring (bicyclic) bond motifs is 1. The van der Waals surface area contributed by atoms with E-state index in [-0.39, 0.29) is 0 Å². The average molecular weight is 238 g/mol. The van der Waals surface area contributed by atoms with Crippen LogP contribution in [0.1, 0.15) is 38.5 Å². The Balaban J connectivity index is 1.48. The molecule has 3 aliphatic rings. The topological polar surface area (TPSA) is 24.5 Å². The molecule has 0 aromatic heterocycles. The Hall–Kier alpha value is -0.120. The van der Waals surface area contributed by atoms with Gasteiger partial charge in [-0.1, -0.05) is 12.8 Å². The van der Waals surface area contributed by atoms with Crippen molar-refractivity contribution in [3.8, 4) is 0 Å². The van der Waals surface area contributed by atoms with Crippen molar-refractivity contribution >= 4 is 0 Å². The van der Waals surface area contributed by atoms with Gasteiger partial charge in [-0.2, -0.15) is 0 Å². The van der Waals surface area contributed by atoms with E-state index in [1.54, 1.807) is 0 Å². The Morgan fingerprint density at radius 2 is 2.00 bits per heavy atom. The fourth-order valence-electron chi connectivity index (χ4n) is 3.86. The summed E-state index contributed by atoms with van der Waals surface area (Å²) in [5.41, 5.74) is 0. The third-order valence-electron chi connectivity index (χ3n) is 4.74. The highest BCUT2D eigenvalue weighted by molar-refractivity contribution is 4.94. The van der Waals surface area contributed by atoms with Gasteiger partial charge in [-0.25, -0.2) is 0 Å². The second-order valence-electron chi connectivity index (χ2n) is 6.02. The normalized spacial score (nSPS) is 39.9. The van der Waals surface area contributed by atoms with E-state index in [1.807, 2.05) is 0 Å². The maximum atomic E-state index is 5.52. The molecule has 2 aliphatic heterocycles. The first-order valence-corrected chi connectivity index (χ1v) is 7.48.